The van der Waals surface area contributed by atoms with Gasteiger partial charge in [0.1, 0.15) is 12.1 Å². The Kier molecular flexibility index (Phi) is 4.24. The van der Waals surface area contributed by atoms with Crippen LogP contribution in [0, 0.1) is 11.8 Å². The topological polar surface area (TPSA) is 90.0 Å². The monoisotopic (exact) mass is 220 g/mol. The zero-order valence-electron chi connectivity index (χ0n) is 8.86. The molecule has 1 rings (SSSR count). The molecule has 0 spiro atoms. The van der Waals surface area contributed by atoms with Crippen LogP contribution in [0.1, 0.15) is 5.56 Å². The maximum atomic E-state index is 11.3. The van der Waals surface area contributed by atoms with Gasteiger partial charge in [-0.15, -0.1) is 0 Å². The van der Waals surface area contributed by atoms with E-state index in [9.17, 15) is 9.59 Å². The standard InChI is InChI=1S/C10H12N4O2/c1-12-4-2-3-8-7-14(5-6-15)10(16)13-9(8)11/h6-7,12H,4-5H2,1H3,(H2,11,13,16). The zero-order chi connectivity index (χ0) is 12.0. The Morgan fingerprint density at radius 2 is 2.44 bits per heavy atom. The molecule has 84 valence electrons. The van der Waals surface area contributed by atoms with Gasteiger partial charge in [0, 0.05) is 6.20 Å². The van der Waals surface area contributed by atoms with Crippen molar-refractivity contribution in [3.63, 3.8) is 0 Å². The number of hydrogen-bond acceptors (Lipinski definition) is 5. The summed E-state index contributed by atoms with van der Waals surface area (Å²) >= 11 is 0. The molecule has 16 heavy (non-hydrogen) atoms. The van der Waals surface area contributed by atoms with E-state index in [1.165, 1.54) is 6.20 Å². The summed E-state index contributed by atoms with van der Waals surface area (Å²) in [5, 5.41) is 2.85. The molecule has 0 aromatic carbocycles. The summed E-state index contributed by atoms with van der Waals surface area (Å²) in [5.41, 5.74) is 5.42. The third kappa shape index (κ3) is 2.93. The van der Waals surface area contributed by atoms with Crippen molar-refractivity contribution in [2.75, 3.05) is 19.3 Å². The van der Waals surface area contributed by atoms with E-state index in [1.54, 1.807) is 7.05 Å². The van der Waals surface area contributed by atoms with Crippen molar-refractivity contribution in [2.24, 2.45) is 0 Å². The lowest BCUT2D eigenvalue weighted by atomic mass is 10.3. The van der Waals surface area contributed by atoms with Gasteiger partial charge in [0.05, 0.1) is 18.7 Å². The second-order valence-electron chi connectivity index (χ2n) is 2.97. The first-order valence-electron chi connectivity index (χ1n) is 4.63. The fourth-order valence-corrected chi connectivity index (χ4v) is 1.04. The molecule has 1 heterocycles. The number of rotatable bonds is 3. The molecule has 1 aromatic heterocycles. The first-order valence-corrected chi connectivity index (χ1v) is 4.63. The van der Waals surface area contributed by atoms with Gasteiger partial charge in [-0.25, -0.2) is 4.79 Å². The summed E-state index contributed by atoms with van der Waals surface area (Å²) in [7, 11) is 1.77. The molecule has 1 aromatic rings. The molecule has 0 saturated carbocycles. The maximum absolute atomic E-state index is 11.3. The van der Waals surface area contributed by atoms with Crippen LogP contribution in [-0.4, -0.2) is 29.4 Å². The Labute approximate surface area is 92.5 Å². The number of hydrogen-bond donors (Lipinski definition) is 2. The molecule has 0 unspecified atom stereocenters. The van der Waals surface area contributed by atoms with Crippen molar-refractivity contribution in [2.45, 2.75) is 6.54 Å². The Morgan fingerprint density at radius 3 is 3.06 bits per heavy atom. The fraction of sp³-hybridized carbons (Fsp3) is 0.300. The van der Waals surface area contributed by atoms with Crippen LogP contribution in [0.25, 0.3) is 0 Å². The van der Waals surface area contributed by atoms with Crippen LogP contribution in [0.3, 0.4) is 0 Å². The number of carbonyl (C=O) groups is 1. The number of nitrogens with two attached hydrogens (primary N) is 1. The minimum atomic E-state index is -0.552. The van der Waals surface area contributed by atoms with E-state index in [0.29, 0.717) is 18.4 Å². The number of carbonyl (C=O) groups excluding carboxylic acids is 1. The summed E-state index contributed by atoms with van der Waals surface area (Å²) in [5.74, 6) is 5.64. The number of nitrogen functional groups attached to an aromatic ring is 1. The van der Waals surface area contributed by atoms with Crippen molar-refractivity contribution in [1.29, 1.82) is 0 Å². The van der Waals surface area contributed by atoms with E-state index in [4.69, 9.17) is 5.73 Å². The normalized spacial score (nSPS) is 9.31. The molecule has 0 aliphatic carbocycles. The lowest BCUT2D eigenvalue weighted by Gasteiger charge is -2.02. The smallest absolute Gasteiger partial charge is 0.349 e. The van der Waals surface area contributed by atoms with E-state index in [-0.39, 0.29) is 12.4 Å². The lowest BCUT2D eigenvalue weighted by molar-refractivity contribution is -0.108. The molecule has 0 saturated heterocycles. The van der Waals surface area contributed by atoms with Gasteiger partial charge in [-0.2, -0.15) is 4.98 Å². The highest BCUT2D eigenvalue weighted by atomic mass is 16.1. The Hall–Kier alpha value is -2.13. The lowest BCUT2D eigenvalue weighted by Crippen LogP contribution is -2.25. The van der Waals surface area contributed by atoms with E-state index < -0.39 is 5.69 Å². The summed E-state index contributed by atoms with van der Waals surface area (Å²) in [6.45, 7) is 0.457. The Morgan fingerprint density at radius 1 is 1.69 bits per heavy atom. The van der Waals surface area contributed by atoms with Crippen molar-refractivity contribution >= 4 is 12.1 Å². The van der Waals surface area contributed by atoms with Crippen LogP contribution in [-0.2, 0) is 11.3 Å². The predicted molar refractivity (Wildman–Crippen MR) is 59.8 cm³/mol. The molecule has 6 nitrogen and oxygen atoms in total. The average Bonchev–Trinajstić information content (AvgIpc) is 2.25. The molecule has 6 heteroatoms. The first-order chi connectivity index (χ1) is 7.69. The number of aldehydes is 1. The number of aromatic nitrogens is 2. The molecule has 0 bridgehead atoms. The van der Waals surface area contributed by atoms with Crippen LogP contribution >= 0.6 is 0 Å². The molecule has 0 radical (unpaired) electrons. The van der Waals surface area contributed by atoms with Gasteiger partial charge in [0.2, 0.25) is 0 Å². The predicted octanol–water partition coefficient (Wildman–Crippen LogP) is -1.40. The van der Waals surface area contributed by atoms with E-state index in [2.05, 4.69) is 22.1 Å². The SMILES string of the molecule is CNCC#Cc1cn(CC=O)c(=O)nc1N. The second-order valence-corrected chi connectivity index (χ2v) is 2.97. The van der Waals surface area contributed by atoms with Crippen molar-refractivity contribution < 1.29 is 4.79 Å². The van der Waals surface area contributed by atoms with Gasteiger partial charge in [0.15, 0.2) is 0 Å². The van der Waals surface area contributed by atoms with Crippen molar-refractivity contribution in [3.05, 3.63) is 22.2 Å². The van der Waals surface area contributed by atoms with Gasteiger partial charge >= 0.3 is 5.69 Å². The molecular weight excluding hydrogens is 208 g/mol. The molecule has 3 N–H and O–H groups in total. The zero-order valence-corrected chi connectivity index (χ0v) is 8.86. The molecule has 0 atom stereocenters. The second kappa shape index (κ2) is 5.68. The third-order valence-electron chi connectivity index (χ3n) is 1.78. The number of nitrogens with one attached hydrogen (secondary N) is 1. The van der Waals surface area contributed by atoms with Gasteiger partial charge in [-0.05, 0) is 7.05 Å². The average molecular weight is 220 g/mol. The summed E-state index contributed by atoms with van der Waals surface area (Å²) in [6.07, 6.45) is 2.05. The first kappa shape index (κ1) is 11.9. The van der Waals surface area contributed by atoms with Crippen LogP contribution in [0.5, 0.6) is 0 Å². The number of nitrogens with zero attached hydrogens (tertiary/aromatic N) is 2. The van der Waals surface area contributed by atoms with E-state index >= 15 is 0 Å². The Balaban J connectivity index is 3.10. The molecule has 0 amide bonds. The summed E-state index contributed by atoms with van der Waals surface area (Å²) in [4.78, 5) is 25.2. The fourth-order valence-electron chi connectivity index (χ4n) is 1.04. The highest BCUT2D eigenvalue weighted by Crippen LogP contribution is 2.01. The van der Waals surface area contributed by atoms with E-state index in [1.807, 2.05) is 0 Å². The molecular formula is C10H12N4O2. The third-order valence-corrected chi connectivity index (χ3v) is 1.78. The van der Waals surface area contributed by atoms with E-state index in [0.717, 1.165) is 4.57 Å². The van der Waals surface area contributed by atoms with Crippen LogP contribution < -0.4 is 16.7 Å². The van der Waals surface area contributed by atoms with Crippen LogP contribution in [0.4, 0.5) is 5.82 Å². The van der Waals surface area contributed by atoms with Crippen LogP contribution in [0.15, 0.2) is 11.0 Å². The molecule has 0 aliphatic heterocycles. The van der Waals surface area contributed by atoms with Gasteiger partial charge < -0.3 is 15.8 Å². The van der Waals surface area contributed by atoms with Gasteiger partial charge in [-0.3, -0.25) is 4.57 Å². The minimum Gasteiger partial charge on any atom is -0.382 e. The van der Waals surface area contributed by atoms with Gasteiger partial charge in [0.25, 0.3) is 0 Å². The number of anilines is 1. The van der Waals surface area contributed by atoms with Crippen LogP contribution in [0.2, 0.25) is 0 Å². The van der Waals surface area contributed by atoms with Gasteiger partial charge in [-0.1, -0.05) is 11.8 Å². The summed E-state index contributed by atoms with van der Waals surface area (Å²) < 4.78 is 1.16. The largest absolute Gasteiger partial charge is 0.382 e. The summed E-state index contributed by atoms with van der Waals surface area (Å²) in [6, 6.07) is 0. The molecule has 0 aliphatic rings. The highest BCUT2D eigenvalue weighted by Gasteiger charge is 2.02. The maximum Gasteiger partial charge on any atom is 0.349 e. The molecule has 0 fully saturated rings. The van der Waals surface area contributed by atoms with Crippen molar-refractivity contribution in [3.8, 4) is 11.8 Å². The quantitative estimate of drug-likeness (QED) is 0.483. The highest BCUT2D eigenvalue weighted by molar-refractivity contribution is 5.52. The van der Waals surface area contributed by atoms with Crippen molar-refractivity contribution in [1.82, 2.24) is 14.9 Å². The Bertz CT molecular complexity index is 496. The minimum absolute atomic E-state index is 0.0488.